The quantitative estimate of drug-likeness (QED) is 0.455. The molecule has 0 amide bonds. The Morgan fingerprint density at radius 1 is 0.440 bits per heavy atom. The van der Waals surface area contributed by atoms with Gasteiger partial charge in [0.25, 0.3) is 0 Å². The molecule has 1 heteroatoms. The molecule has 0 radical (unpaired) electrons. The second-order valence-corrected chi connectivity index (χ2v) is 6.09. The van der Waals surface area contributed by atoms with Gasteiger partial charge in [-0.05, 0) is 28.3 Å². The van der Waals surface area contributed by atoms with Crippen LogP contribution < -0.4 is 0 Å². The van der Waals surface area contributed by atoms with Gasteiger partial charge in [-0.3, -0.25) is 4.98 Å². The Labute approximate surface area is 148 Å². The Bertz CT molecular complexity index is 753. The van der Waals surface area contributed by atoms with Gasteiger partial charge >= 0.3 is 0 Å². The number of hydrogen-bond donors (Lipinski definition) is 0. The summed E-state index contributed by atoms with van der Waals surface area (Å²) in [5.74, 6) is 0. The van der Waals surface area contributed by atoms with Crippen molar-refractivity contribution in [3.8, 4) is 0 Å². The van der Waals surface area contributed by atoms with Gasteiger partial charge in [0.2, 0.25) is 0 Å². The summed E-state index contributed by atoms with van der Waals surface area (Å²) >= 11 is 0. The molecule has 1 aromatic heterocycles. The summed E-state index contributed by atoms with van der Waals surface area (Å²) in [6.45, 7) is 0. The van der Waals surface area contributed by atoms with Crippen LogP contribution in [-0.2, 0) is 5.41 Å². The third kappa shape index (κ3) is 2.64. The van der Waals surface area contributed by atoms with Gasteiger partial charge in [-0.2, -0.15) is 0 Å². The van der Waals surface area contributed by atoms with E-state index in [0.29, 0.717) is 0 Å². The average Bonchev–Trinajstić information content (AvgIpc) is 2.72. The topological polar surface area (TPSA) is 12.9 Å². The number of pyridine rings is 1. The zero-order valence-electron chi connectivity index (χ0n) is 13.9. The van der Waals surface area contributed by atoms with Crippen LogP contribution in [0.1, 0.15) is 22.3 Å². The third-order valence-corrected chi connectivity index (χ3v) is 4.71. The smallest absolute Gasteiger partial charge is 0.0716 e. The Morgan fingerprint density at radius 2 is 0.840 bits per heavy atom. The maximum absolute atomic E-state index is 4.43. The van der Waals surface area contributed by atoms with Crippen LogP contribution in [0.2, 0.25) is 0 Å². The second-order valence-electron chi connectivity index (χ2n) is 6.09. The van der Waals surface area contributed by atoms with E-state index in [4.69, 9.17) is 0 Å². The molecule has 0 bridgehead atoms. The molecule has 0 aliphatic rings. The first-order chi connectivity index (χ1) is 12.4. The molecule has 1 nitrogen and oxygen atoms in total. The molecule has 0 fully saturated rings. The first kappa shape index (κ1) is 15.3. The number of benzene rings is 3. The fourth-order valence-electron chi connectivity index (χ4n) is 3.65. The van der Waals surface area contributed by atoms with Crippen LogP contribution in [0.15, 0.2) is 116 Å². The van der Waals surface area contributed by atoms with E-state index in [2.05, 4.69) is 102 Å². The molecular weight excluding hydrogens is 302 g/mol. The van der Waals surface area contributed by atoms with Gasteiger partial charge in [0.05, 0.1) is 5.41 Å². The number of hydrogen-bond acceptors (Lipinski definition) is 1. The molecule has 25 heavy (non-hydrogen) atoms. The molecular formula is C24H19N. The van der Waals surface area contributed by atoms with Gasteiger partial charge in [-0.1, -0.05) is 97.1 Å². The molecule has 0 N–H and O–H groups in total. The molecule has 0 saturated carbocycles. The maximum atomic E-state index is 4.43. The lowest BCUT2D eigenvalue weighted by Gasteiger charge is -2.36. The van der Waals surface area contributed by atoms with E-state index in [1.54, 1.807) is 0 Å². The molecule has 0 saturated heterocycles. The van der Waals surface area contributed by atoms with Gasteiger partial charge in [-0.25, -0.2) is 0 Å². The van der Waals surface area contributed by atoms with Crippen LogP contribution in [0.25, 0.3) is 0 Å². The molecule has 4 aromatic rings. The lowest BCUT2D eigenvalue weighted by atomic mass is 9.65. The van der Waals surface area contributed by atoms with Gasteiger partial charge in [0.1, 0.15) is 0 Å². The van der Waals surface area contributed by atoms with Crippen molar-refractivity contribution in [2.24, 2.45) is 0 Å². The summed E-state index contributed by atoms with van der Waals surface area (Å²) in [4.78, 5) is 4.43. The highest BCUT2D eigenvalue weighted by Gasteiger charge is 2.38. The van der Waals surface area contributed by atoms with E-state index in [0.717, 1.165) is 0 Å². The van der Waals surface area contributed by atoms with E-state index in [1.165, 1.54) is 22.3 Å². The standard InChI is InChI=1S/C24H19N/c1-4-11-20(12-5-1)24(21-13-6-2-7-14-21,22-15-8-3-9-16-22)23-17-10-18-25-19-23/h1-19H. The number of aromatic nitrogens is 1. The van der Waals surface area contributed by atoms with E-state index >= 15 is 0 Å². The summed E-state index contributed by atoms with van der Waals surface area (Å²) in [6.07, 6.45) is 3.81. The Kier molecular flexibility index (Phi) is 4.14. The van der Waals surface area contributed by atoms with Crippen LogP contribution in [0.4, 0.5) is 0 Å². The molecule has 1 heterocycles. The van der Waals surface area contributed by atoms with Crippen molar-refractivity contribution in [1.82, 2.24) is 4.98 Å². The fraction of sp³-hybridized carbons (Fsp3) is 0.0417. The van der Waals surface area contributed by atoms with Crippen molar-refractivity contribution in [2.45, 2.75) is 5.41 Å². The Balaban J connectivity index is 2.13. The summed E-state index contributed by atoms with van der Waals surface area (Å²) in [5.41, 5.74) is 4.48. The monoisotopic (exact) mass is 321 g/mol. The predicted octanol–water partition coefficient (Wildman–Crippen LogP) is 5.46. The van der Waals surface area contributed by atoms with Gasteiger partial charge < -0.3 is 0 Å². The number of rotatable bonds is 4. The van der Waals surface area contributed by atoms with E-state index in [9.17, 15) is 0 Å². The highest BCUT2D eigenvalue weighted by atomic mass is 14.6. The summed E-state index contributed by atoms with van der Waals surface area (Å²) in [7, 11) is 0. The zero-order chi connectivity index (χ0) is 17.0. The molecule has 4 rings (SSSR count). The lowest BCUT2D eigenvalue weighted by Crippen LogP contribution is -2.31. The Morgan fingerprint density at radius 3 is 1.20 bits per heavy atom. The molecule has 0 spiro atoms. The lowest BCUT2D eigenvalue weighted by molar-refractivity contribution is 0.740. The normalized spacial score (nSPS) is 11.2. The average molecular weight is 321 g/mol. The van der Waals surface area contributed by atoms with Crippen molar-refractivity contribution < 1.29 is 0 Å². The largest absolute Gasteiger partial charge is 0.264 e. The highest BCUT2D eigenvalue weighted by Crippen LogP contribution is 2.44. The number of nitrogens with zero attached hydrogens (tertiary/aromatic N) is 1. The SMILES string of the molecule is c1ccc(C(c2ccccc2)(c2ccccc2)c2cccnc2)cc1. The molecule has 0 unspecified atom stereocenters. The Hall–Kier alpha value is -3.19. The van der Waals surface area contributed by atoms with Crippen molar-refractivity contribution in [1.29, 1.82) is 0 Å². The van der Waals surface area contributed by atoms with E-state index in [-0.39, 0.29) is 0 Å². The fourth-order valence-corrected chi connectivity index (χ4v) is 3.65. The van der Waals surface area contributed by atoms with E-state index in [1.807, 2.05) is 18.5 Å². The maximum Gasteiger partial charge on any atom is 0.0716 e. The van der Waals surface area contributed by atoms with Crippen LogP contribution in [0, 0.1) is 0 Å². The van der Waals surface area contributed by atoms with Gasteiger partial charge in [0, 0.05) is 12.4 Å². The van der Waals surface area contributed by atoms with Crippen LogP contribution in [-0.4, -0.2) is 4.98 Å². The van der Waals surface area contributed by atoms with Crippen molar-refractivity contribution in [3.63, 3.8) is 0 Å². The van der Waals surface area contributed by atoms with Crippen LogP contribution >= 0.6 is 0 Å². The summed E-state index contributed by atoms with van der Waals surface area (Å²) in [5, 5.41) is 0. The second kappa shape index (κ2) is 6.74. The summed E-state index contributed by atoms with van der Waals surface area (Å²) < 4.78 is 0. The molecule has 0 atom stereocenters. The van der Waals surface area contributed by atoms with Crippen LogP contribution in [0.3, 0.4) is 0 Å². The van der Waals surface area contributed by atoms with Crippen molar-refractivity contribution >= 4 is 0 Å². The van der Waals surface area contributed by atoms with Crippen molar-refractivity contribution in [2.75, 3.05) is 0 Å². The predicted molar refractivity (Wildman–Crippen MR) is 103 cm³/mol. The third-order valence-electron chi connectivity index (χ3n) is 4.71. The van der Waals surface area contributed by atoms with Gasteiger partial charge in [0.15, 0.2) is 0 Å². The van der Waals surface area contributed by atoms with Gasteiger partial charge in [-0.15, -0.1) is 0 Å². The van der Waals surface area contributed by atoms with Crippen molar-refractivity contribution in [3.05, 3.63) is 138 Å². The minimum absolute atomic E-state index is 0.391. The van der Waals surface area contributed by atoms with Crippen LogP contribution in [0.5, 0.6) is 0 Å². The minimum atomic E-state index is -0.391. The highest BCUT2D eigenvalue weighted by molar-refractivity contribution is 5.58. The van der Waals surface area contributed by atoms with E-state index < -0.39 is 5.41 Å². The molecule has 120 valence electrons. The minimum Gasteiger partial charge on any atom is -0.264 e. The first-order valence-corrected chi connectivity index (χ1v) is 8.49. The summed E-state index contributed by atoms with van der Waals surface area (Å²) in [6, 6.07) is 36.2. The molecule has 0 aliphatic carbocycles. The molecule has 3 aromatic carbocycles. The zero-order valence-corrected chi connectivity index (χ0v) is 13.9. The first-order valence-electron chi connectivity index (χ1n) is 8.49. The molecule has 0 aliphatic heterocycles.